The zero-order valence-electron chi connectivity index (χ0n) is 11.1. The van der Waals surface area contributed by atoms with E-state index in [4.69, 9.17) is 0 Å². The first-order valence-corrected chi connectivity index (χ1v) is 6.48. The van der Waals surface area contributed by atoms with Crippen LogP contribution in [0.2, 0.25) is 0 Å². The van der Waals surface area contributed by atoms with Gasteiger partial charge in [-0.05, 0) is 44.7 Å². The van der Waals surface area contributed by atoms with Gasteiger partial charge < -0.3 is 10.2 Å². The van der Waals surface area contributed by atoms with Crippen molar-refractivity contribution in [3.63, 3.8) is 0 Å². The molecule has 0 radical (unpaired) electrons. The Morgan fingerprint density at radius 1 is 1.44 bits per heavy atom. The Hall–Kier alpha value is -0.570. The number of nitrogens with one attached hydrogen (secondary N) is 1. The molecule has 0 aromatic rings. The lowest BCUT2D eigenvalue weighted by Gasteiger charge is -2.30. The summed E-state index contributed by atoms with van der Waals surface area (Å²) >= 11 is 0. The van der Waals surface area contributed by atoms with E-state index in [2.05, 4.69) is 26.1 Å². The molecular formula is C13H26N2O. The molecule has 16 heavy (non-hydrogen) atoms. The van der Waals surface area contributed by atoms with Gasteiger partial charge >= 0.3 is 0 Å². The molecule has 1 aliphatic heterocycles. The highest BCUT2D eigenvalue weighted by molar-refractivity contribution is 5.76. The molecule has 0 bridgehead atoms. The fraction of sp³-hybridized carbons (Fsp3) is 0.923. The largest absolute Gasteiger partial charge is 0.343 e. The molecule has 2 atom stereocenters. The van der Waals surface area contributed by atoms with E-state index in [9.17, 15) is 4.79 Å². The Labute approximate surface area is 99.6 Å². The first-order valence-electron chi connectivity index (χ1n) is 6.48. The summed E-state index contributed by atoms with van der Waals surface area (Å²) in [6.07, 6.45) is 3.12. The second-order valence-electron chi connectivity index (χ2n) is 5.41. The number of piperidine rings is 1. The number of nitrogens with zero attached hydrogens (tertiary/aromatic N) is 1. The molecule has 1 rings (SSSR count). The van der Waals surface area contributed by atoms with Crippen molar-refractivity contribution in [1.29, 1.82) is 0 Å². The van der Waals surface area contributed by atoms with Crippen molar-refractivity contribution in [2.75, 3.05) is 20.1 Å². The molecule has 1 heterocycles. The third kappa shape index (κ3) is 3.78. The minimum atomic E-state index is 0.301. The van der Waals surface area contributed by atoms with Gasteiger partial charge in [0.25, 0.3) is 0 Å². The summed E-state index contributed by atoms with van der Waals surface area (Å²) in [5, 5.41) is 3.36. The van der Waals surface area contributed by atoms with Gasteiger partial charge in [0.15, 0.2) is 0 Å². The van der Waals surface area contributed by atoms with Crippen molar-refractivity contribution in [3.8, 4) is 0 Å². The molecule has 1 fully saturated rings. The molecule has 94 valence electrons. The molecule has 0 spiro atoms. The average molecular weight is 226 g/mol. The summed E-state index contributed by atoms with van der Waals surface area (Å²) in [5.41, 5.74) is 0. The third-order valence-corrected chi connectivity index (χ3v) is 3.83. The molecule has 2 unspecified atom stereocenters. The molecule has 1 saturated heterocycles. The maximum atomic E-state index is 12.1. The lowest BCUT2D eigenvalue weighted by molar-refractivity contribution is -0.133. The van der Waals surface area contributed by atoms with Crippen LogP contribution in [0.3, 0.4) is 0 Å². The van der Waals surface area contributed by atoms with Gasteiger partial charge in [-0.2, -0.15) is 0 Å². The molecule has 3 nitrogen and oxygen atoms in total. The van der Waals surface area contributed by atoms with Crippen LogP contribution in [0.4, 0.5) is 0 Å². The minimum Gasteiger partial charge on any atom is -0.343 e. The van der Waals surface area contributed by atoms with Gasteiger partial charge in [-0.3, -0.25) is 4.79 Å². The van der Waals surface area contributed by atoms with E-state index in [0.29, 0.717) is 30.2 Å². The van der Waals surface area contributed by atoms with Crippen molar-refractivity contribution in [1.82, 2.24) is 10.2 Å². The van der Waals surface area contributed by atoms with Crippen molar-refractivity contribution in [2.45, 2.75) is 46.1 Å². The van der Waals surface area contributed by atoms with Crippen LogP contribution in [0.5, 0.6) is 0 Å². The van der Waals surface area contributed by atoms with Gasteiger partial charge in [0.1, 0.15) is 0 Å². The molecule has 1 N–H and O–H groups in total. The minimum absolute atomic E-state index is 0.301. The van der Waals surface area contributed by atoms with Crippen LogP contribution in [0.25, 0.3) is 0 Å². The smallest absolute Gasteiger partial charge is 0.222 e. The summed E-state index contributed by atoms with van der Waals surface area (Å²) in [4.78, 5) is 14.0. The summed E-state index contributed by atoms with van der Waals surface area (Å²) in [6, 6.07) is 0.337. The number of rotatable bonds is 4. The van der Waals surface area contributed by atoms with E-state index < -0.39 is 0 Å². The summed E-state index contributed by atoms with van der Waals surface area (Å²) in [7, 11) is 1.93. The molecule has 0 saturated carbocycles. The van der Waals surface area contributed by atoms with E-state index in [1.807, 2.05) is 11.9 Å². The predicted octanol–water partition coefficient (Wildman–Crippen LogP) is 1.88. The third-order valence-electron chi connectivity index (χ3n) is 3.83. The summed E-state index contributed by atoms with van der Waals surface area (Å²) in [5.74, 6) is 1.37. The molecule has 3 heteroatoms. The number of carbonyl (C=O) groups excluding carboxylic acids is 1. The van der Waals surface area contributed by atoms with E-state index in [1.165, 1.54) is 12.8 Å². The Kier molecular flexibility index (Phi) is 5.26. The second-order valence-corrected chi connectivity index (χ2v) is 5.41. The normalized spacial score (nSPS) is 23.2. The number of carbonyl (C=O) groups is 1. The monoisotopic (exact) mass is 226 g/mol. The average Bonchev–Trinajstić information content (AvgIpc) is 2.28. The number of hydrogen-bond donors (Lipinski definition) is 1. The molecule has 0 aliphatic carbocycles. The zero-order chi connectivity index (χ0) is 12.1. The maximum absolute atomic E-state index is 12.1. The number of amides is 1. The summed E-state index contributed by atoms with van der Waals surface area (Å²) in [6.45, 7) is 8.58. The fourth-order valence-electron chi connectivity index (χ4n) is 2.16. The van der Waals surface area contributed by atoms with Gasteiger partial charge in [0.2, 0.25) is 5.91 Å². The van der Waals surface area contributed by atoms with E-state index >= 15 is 0 Å². The highest BCUT2D eigenvalue weighted by atomic mass is 16.2. The maximum Gasteiger partial charge on any atom is 0.222 e. The van der Waals surface area contributed by atoms with Gasteiger partial charge in [0.05, 0.1) is 0 Å². The van der Waals surface area contributed by atoms with Crippen LogP contribution in [0.15, 0.2) is 0 Å². The highest BCUT2D eigenvalue weighted by Gasteiger charge is 2.22. The Morgan fingerprint density at radius 3 is 2.62 bits per heavy atom. The number of hydrogen-bond acceptors (Lipinski definition) is 2. The Balaban J connectivity index is 2.38. The van der Waals surface area contributed by atoms with Gasteiger partial charge in [-0.25, -0.2) is 0 Å². The first-order chi connectivity index (χ1) is 7.52. The van der Waals surface area contributed by atoms with Crippen LogP contribution < -0.4 is 5.32 Å². The Bertz CT molecular complexity index is 222. The lowest BCUT2D eigenvalue weighted by atomic mass is 9.95. The second kappa shape index (κ2) is 6.24. The first kappa shape index (κ1) is 13.5. The summed E-state index contributed by atoms with van der Waals surface area (Å²) < 4.78 is 0. The van der Waals surface area contributed by atoms with Gasteiger partial charge in [-0.15, -0.1) is 0 Å². The molecule has 0 aromatic heterocycles. The van der Waals surface area contributed by atoms with Crippen molar-refractivity contribution < 1.29 is 4.79 Å². The van der Waals surface area contributed by atoms with E-state index in [0.717, 1.165) is 13.1 Å². The van der Waals surface area contributed by atoms with Crippen LogP contribution in [0, 0.1) is 11.8 Å². The molecule has 0 aromatic carbocycles. The predicted molar refractivity (Wildman–Crippen MR) is 67.3 cm³/mol. The van der Waals surface area contributed by atoms with E-state index in [-0.39, 0.29) is 0 Å². The zero-order valence-corrected chi connectivity index (χ0v) is 11.1. The Morgan fingerprint density at radius 2 is 2.12 bits per heavy atom. The quantitative estimate of drug-likeness (QED) is 0.794. The van der Waals surface area contributed by atoms with Crippen LogP contribution in [-0.2, 0) is 4.79 Å². The molecular weight excluding hydrogens is 200 g/mol. The van der Waals surface area contributed by atoms with Gasteiger partial charge in [0, 0.05) is 19.5 Å². The fourth-order valence-corrected chi connectivity index (χ4v) is 2.16. The molecule has 1 aliphatic rings. The van der Waals surface area contributed by atoms with Crippen molar-refractivity contribution in [3.05, 3.63) is 0 Å². The van der Waals surface area contributed by atoms with E-state index in [1.54, 1.807) is 0 Å². The van der Waals surface area contributed by atoms with Crippen molar-refractivity contribution in [2.24, 2.45) is 11.8 Å². The van der Waals surface area contributed by atoms with Gasteiger partial charge in [-0.1, -0.05) is 13.8 Å². The topological polar surface area (TPSA) is 32.3 Å². The molecule has 1 amide bonds. The van der Waals surface area contributed by atoms with Crippen LogP contribution in [-0.4, -0.2) is 37.0 Å². The standard InChI is InChI=1S/C13H26N2O/c1-10(2)11(3)15(4)13(16)8-12-6-5-7-14-9-12/h10-12,14H,5-9H2,1-4H3. The van der Waals surface area contributed by atoms with Crippen LogP contribution >= 0.6 is 0 Å². The lowest BCUT2D eigenvalue weighted by Crippen LogP contribution is -2.40. The van der Waals surface area contributed by atoms with Crippen molar-refractivity contribution >= 4 is 5.91 Å². The highest BCUT2D eigenvalue weighted by Crippen LogP contribution is 2.17. The SMILES string of the molecule is CC(C)C(C)N(C)C(=O)CC1CCCNC1. The van der Waals surface area contributed by atoms with Crippen LogP contribution in [0.1, 0.15) is 40.0 Å².